The molecular weight excluding hydrogens is 346 g/mol. The van der Waals surface area contributed by atoms with Gasteiger partial charge in [0.1, 0.15) is 0 Å². The van der Waals surface area contributed by atoms with Crippen LogP contribution in [0.15, 0.2) is 48.5 Å². The van der Waals surface area contributed by atoms with Crippen molar-refractivity contribution in [3.05, 3.63) is 54.1 Å². The van der Waals surface area contributed by atoms with Gasteiger partial charge in [0.25, 0.3) is 5.91 Å². The van der Waals surface area contributed by atoms with Gasteiger partial charge in [-0.15, -0.1) is 0 Å². The SMILES string of the molecule is O=C1Nc2ccccc2N(CCCCCCN2CCCCC2)c2ccccc21. The normalized spacial score (nSPS) is 16.9. The van der Waals surface area contributed by atoms with Gasteiger partial charge in [0.2, 0.25) is 0 Å². The van der Waals surface area contributed by atoms with E-state index in [1.165, 1.54) is 58.2 Å². The number of rotatable bonds is 7. The minimum absolute atomic E-state index is 0.0212. The molecule has 4 heteroatoms. The van der Waals surface area contributed by atoms with Crippen LogP contribution >= 0.6 is 0 Å². The number of likely N-dealkylation sites (tertiary alicyclic amines) is 1. The number of fused-ring (bicyclic) bond motifs is 2. The first-order chi connectivity index (χ1) is 13.8. The number of amides is 1. The number of carbonyl (C=O) groups excluding carboxylic acids is 1. The largest absolute Gasteiger partial charge is 0.339 e. The average Bonchev–Trinajstić information content (AvgIpc) is 2.86. The van der Waals surface area contributed by atoms with Crippen LogP contribution in [0.2, 0.25) is 0 Å². The highest BCUT2D eigenvalue weighted by Crippen LogP contribution is 2.37. The van der Waals surface area contributed by atoms with Crippen molar-refractivity contribution >= 4 is 23.0 Å². The number of carbonyl (C=O) groups is 1. The van der Waals surface area contributed by atoms with Gasteiger partial charge in [-0.2, -0.15) is 0 Å². The molecule has 0 spiro atoms. The highest BCUT2D eigenvalue weighted by molar-refractivity contribution is 6.12. The summed E-state index contributed by atoms with van der Waals surface area (Å²) in [7, 11) is 0. The Morgan fingerprint density at radius 1 is 0.750 bits per heavy atom. The van der Waals surface area contributed by atoms with Crippen molar-refractivity contribution in [2.45, 2.75) is 44.9 Å². The quantitative estimate of drug-likeness (QED) is 0.653. The first-order valence-corrected chi connectivity index (χ1v) is 10.8. The molecule has 0 aromatic heterocycles. The van der Waals surface area contributed by atoms with Gasteiger partial charge in [0.05, 0.1) is 22.6 Å². The summed E-state index contributed by atoms with van der Waals surface area (Å²) in [4.78, 5) is 17.6. The van der Waals surface area contributed by atoms with E-state index in [4.69, 9.17) is 0 Å². The molecule has 1 N–H and O–H groups in total. The number of anilines is 3. The molecular formula is C24H31N3O. The molecule has 4 nitrogen and oxygen atoms in total. The molecule has 1 fully saturated rings. The molecule has 1 amide bonds. The molecule has 0 unspecified atom stereocenters. The van der Waals surface area contributed by atoms with Crippen LogP contribution in [0.5, 0.6) is 0 Å². The zero-order valence-electron chi connectivity index (χ0n) is 16.7. The summed E-state index contributed by atoms with van der Waals surface area (Å²) in [6, 6.07) is 16.1. The Bertz CT molecular complexity index is 798. The van der Waals surface area contributed by atoms with E-state index in [-0.39, 0.29) is 5.91 Å². The molecule has 2 heterocycles. The molecule has 28 heavy (non-hydrogen) atoms. The molecule has 0 saturated carbocycles. The first kappa shape index (κ1) is 19.0. The maximum Gasteiger partial charge on any atom is 0.257 e. The third-order valence-corrected chi connectivity index (χ3v) is 5.94. The van der Waals surface area contributed by atoms with Crippen molar-refractivity contribution in [3.63, 3.8) is 0 Å². The van der Waals surface area contributed by atoms with Crippen LogP contribution < -0.4 is 10.2 Å². The van der Waals surface area contributed by atoms with Crippen molar-refractivity contribution < 1.29 is 4.79 Å². The Kier molecular flexibility index (Phi) is 6.27. The lowest BCUT2D eigenvalue weighted by atomic mass is 10.1. The van der Waals surface area contributed by atoms with E-state index >= 15 is 0 Å². The summed E-state index contributed by atoms with van der Waals surface area (Å²) in [6.45, 7) is 4.78. The van der Waals surface area contributed by atoms with Gasteiger partial charge in [-0.1, -0.05) is 43.5 Å². The minimum atomic E-state index is -0.0212. The number of nitrogens with zero attached hydrogens (tertiary/aromatic N) is 2. The van der Waals surface area contributed by atoms with Gasteiger partial charge in [0, 0.05) is 6.54 Å². The Morgan fingerprint density at radius 2 is 1.43 bits per heavy atom. The fourth-order valence-corrected chi connectivity index (χ4v) is 4.42. The van der Waals surface area contributed by atoms with E-state index in [0.717, 1.165) is 35.6 Å². The molecule has 2 aromatic rings. The lowest BCUT2D eigenvalue weighted by molar-refractivity contribution is 0.102. The molecule has 1 saturated heterocycles. The van der Waals surface area contributed by atoms with Gasteiger partial charge >= 0.3 is 0 Å². The number of hydrogen-bond donors (Lipinski definition) is 1. The summed E-state index contributed by atoms with van der Waals surface area (Å²) < 4.78 is 0. The molecule has 0 bridgehead atoms. The first-order valence-electron chi connectivity index (χ1n) is 10.8. The zero-order chi connectivity index (χ0) is 19.2. The van der Waals surface area contributed by atoms with E-state index in [1.54, 1.807) is 0 Å². The fraction of sp³-hybridized carbons (Fsp3) is 0.458. The second-order valence-corrected chi connectivity index (χ2v) is 7.96. The van der Waals surface area contributed by atoms with Gasteiger partial charge in [-0.25, -0.2) is 0 Å². The zero-order valence-corrected chi connectivity index (χ0v) is 16.7. The summed E-state index contributed by atoms with van der Waals surface area (Å²) in [5.74, 6) is -0.0212. The number of nitrogens with one attached hydrogen (secondary N) is 1. The second-order valence-electron chi connectivity index (χ2n) is 7.96. The maximum atomic E-state index is 12.6. The molecule has 2 aliphatic heterocycles. The predicted molar refractivity (Wildman–Crippen MR) is 117 cm³/mol. The Balaban J connectivity index is 1.37. The van der Waals surface area contributed by atoms with Crippen molar-refractivity contribution in [3.8, 4) is 0 Å². The third-order valence-electron chi connectivity index (χ3n) is 5.94. The summed E-state index contributed by atoms with van der Waals surface area (Å²) in [5.41, 5.74) is 3.75. The van der Waals surface area contributed by atoms with Crippen LogP contribution in [0.25, 0.3) is 0 Å². The third kappa shape index (κ3) is 4.39. The van der Waals surface area contributed by atoms with Gasteiger partial charge < -0.3 is 15.1 Å². The minimum Gasteiger partial charge on any atom is -0.339 e. The molecule has 4 rings (SSSR count). The highest BCUT2D eigenvalue weighted by atomic mass is 16.1. The topological polar surface area (TPSA) is 35.6 Å². The molecule has 148 valence electrons. The van der Waals surface area contributed by atoms with Crippen molar-refractivity contribution in [2.24, 2.45) is 0 Å². The average molecular weight is 378 g/mol. The van der Waals surface area contributed by atoms with Crippen LogP contribution in [0, 0.1) is 0 Å². The van der Waals surface area contributed by atoms with Gasteiger partial charge in [0.15, 0.2) is 0 Å². The van der Waals surface area contributed by atoms with Gasteiger partial charge in [-0.3, -0.25) is 4.79 Å². The molecule has 2 aromatic carbocycles. The van der Waals surface area contributed by atoms with Crippen molar-refractivity contribution in [1.29, 1.82) is 0 Å². The Labute approximate surface area is 168 Å². The van der Waals surface area contributed by atoms with E-state index in [9.17, 15) is 4.79 Å². The number of unbranched alkanes of at least 4 members (excludes halogenated alkanes) is 3. The number of benzene rings is 2. The predicted octanol–water partition coefficient (Wildman–Crippen LogP) is 5.44. The lowest BCUT2D eigenvalue weighted by Crippen LogP contribution is -2.30. The maximum absolute atomic E-state index is 12.6. The number of para-hydroxylation sites is 3. The highest BCUT2D eigenvalue weighted by Gasteiger charge is 2.24. The van der Waals surface area contributed by atoms with Crippen molar-refractivity contribution in [2.75, 3.05) is 36.4 Å². The van der Waals surface area contributed by atoms with Crippen LogP contribution in [-0.2, 0) is 0 Å². The second kappa shape index (κ2) is 9.24. The molecule has 0 atom stereocenters. The molecule has 0 aliphatic carbocycles. The van der Waals surface area contributed by atoms with Crippen LogP contribution in [0.3, 0.4) is 0 Å². The fourth-order valence-electron chi connectivity index (χ4n) is 4.42. The van der Waals surface area contributed by atoms with Crippen LogP contribution in [-0.4, -0.2) is 37.0 Å². The van der Waals surface area contributed by atoms with Crippen molar-refractivity contribution in [1.82, 2.24) is 4.90 Å². The number of piperidine rings is 1. The van der Waals surface area contributed by atoms with Gasteiger partial charge in [-0.05, 0) is 69.6 Å². The Morgan fingerprint density at radius 3 is 2.25 bits per heavy atom. The monoisotopic (exact) mass is 377 g/mol. The van der Waals surface area contributed by atoms with E-state index in [0.29, 0.717) is 0 Å². The standard InChI is InChI=1S/C24H31N3O/c28-24-20-12-4-6-14-22(20)27(23-15-7-5-13-21(23)25-24)19-11-2-1-8-16-26-17-9-3-10-18-26/h4-7,12-15H,1-3,8-11,16-19H2,(H,25,28). The smallest absolute Gasteiger partial charge is 0.257 e. The van der Waals surface area contributed by atoms with Crippen LogP contribution in [0.4, 0.5) is 17.1 Å². The van der Waals surface area contributed by atoms with E-state index < -0.39 is 0 Å². The summed E-state index contributed by atoms with van der Waals surface area (Å²) >= 11 is 0. The Hall–Kier alpha value is -2.33. The number of hydrogen-bond acceptors (Lipinski definition) is 3. The summed E-state index contributed by atoms with van der Waals surface area (Å²) in [6.07, 6.45) is 9.11. The lowest BCUT2D eigenvalue weighted by Gasteiger charge is -2.27. The molecule has 2 aliphatic rings. The summed E-state index contributed by atoms with van der Waals surface area (Å²) in [5, 5.41) is 3.07. The molecule has 0 radical (unpaired) electrons. The van der Waals surface area contributed by atoms with E-state index in [1.807, 2.05) is 36.4 Å². The van der Waals surface area contributed by atoms with Crippen LogP contribution in [0.1, 0.15) is 55.3 Å². The van der Waals surface area contributed by atoms with E-state index in [2.05, 4.69) is 27.2 Å².